The van der Waals surface area contributed by atoms with Crippen LogP contribution in [0, 0.1) is 5.82 Å². The van der Waals surface area contributed by atoms with Crippen LogP contribution in [-0.2, 0) is 13.0 Å². The molecule has 0 bridgehead atoms. The lowest BCUT2D eigenvalue weighted by atomic mass is 10.2. The number of pyridine rings is 1. The van der Waals surface area contributed by atoms with E-state index >= 15 is 0 Å². The van der Waals surface area contributed by atoms with Gasteiger partial charge < -0.3 is 10.1 Å². The lowest BCUT2D eigenvalue weighted by Crippen LogP contribution is -2.13. The number of nitrogens with zero attached hydrogens (tertiary/aromatic N) is 1. The van der Waals surface area contributed by atoms with Crippen LogP contribution in [0.3, 0.4) is 0 Å². The first kappa shape index (κ1) is 14.5. The molecular formula is C16H19FN2O. The predicted octanol–water partition coefficient (Wildman–Crippen LogP) is 3.68. The Labute approximate surface area is 118 Å². The van der Waals surface area contributed by atoms with Gasteiger partial charge in [-0.3, -0.25) is 0 Å². The molecule has 20 heavy (non-hydrogen) atoms. The Morgan fingerprint density at radius 3 is 2.60 bits per heavy atom. The molecule has 0 aliphatic heterocycles. The second-order valence-corrected chi connectivity index (χ2v) is 4.50. The highest BCUT2D eigenvalue weighted by molar-refractivity contribution is 5.34. The summed E-state index contributed by atoms with van der Waals surface area (Å²) in [5.74, 6) is 0.794. The summed E-state index contributed by atoms with van der Waals surface area (Å²) in [6.45, 7) is 5.44. The van der Waals surface area contributed by atoms with Crippen molar-refractivity contribution in [1.29, 1.82) is 0 Å². The normalized spacial score (nSPS) is 10.6. The molecule has 0 amide bonds. The molecule has 0 spiro atoms. The number of ether oxygens (including phenoxy) is 1. The maximum atomic E-state index is 13.3. The molecule has 0 saturated heterocycles. The average molecular weight is 274 g/mol. The van der Waals surface area contributed by atoms with Crippen molar-refractivity contribution in [3.63, 3.8) is 0 Å². The molecule has 3 nitrogen and oxygen atoms in total. The average Bonchev–Trinajstić information content (AvgIpc) is 2.48. The smallest absolute Gasteiger partial charge is 0.223 e. The van der Waals surface area contributed by atoms with Gasteiger partial charge in [0.25, 0.3) is 0 Å². The molecule has 2 aromatic rings. The summed E-state index contributed by atoms with van der Waals surface area (Å²) in [7, 11) is 0. The number of hydrogen-bond donors (Lipinski definition) is 1. The van der Waals surface area contributed by atoms with E-state index in [1.54, 1.807) is 0 Å². The van der Waals surface area contributed by atoms with E-state index in [2.05, 4.69) is 17.2 Å². The first-order valence-electron chi connectivity index (χ1n) is 6.84. The second kappa shape index (κ2) is 7.01. The van der Waals surface area contributed by atoms with Gasteiger partial charge in [-0.15, -0.1) is 0 Å². The quantitative estimate of drug-likeness (QED) is 0.872. The molecule has 0 fully saturated rings. The van der Waals surface area contributed by atoms with Crippen LogP contribution in [0.15, 0.2) is 36.5 Å². The highest BCUT2D eigenvalue weighted by Crippen LogP contribution is 2.24. The molecule has 1 aromatic carbocycles. The van der Waals surface area contributed by atoms with Crippen molar-refractivity contribution in [2.24, 2.45) is 0 Å². The van der Waals surface area contributed by atoms with E-state index in [1.165, 1.54) is 17.8 Å². The fourth-order valence-electron chi connectivity index (χ4n) is 1.85. The van der Waals surface area contributed by atoms with Crippen LogP contribution in [0.4, 0.5) is 4.39 Å². The van der Waals surface area contributed by atoms with Gasteiger partial charge in [-0.2, -0.15) is 0 Å². The van der Waals surface area contributed by atoms with E-state index in [4.69, 9.17) is 4.74 Å². The van der Waals surface area contributed by atoms with E-state index in [-0.39, 0.29) is 5.82 Å². The van der Waals surface area contributed by atoms with Crippen LogP contribution in [0.5, 0.6) is 11.6 Å². The van der Waals surface area contributed by atoms with Crippen molar-refractivity contribution >= 4 is 0 Å². The van der Waals surface area contributed by atoms with Crippen LogP contribution in [-0.4, -0.2) is 11.5 Å². The zero-order valence-electron chi connectivity index (χ0n) is 11.8. The van der Waals surface area contributed by atoms with Crippen molar-refractivity contribution in [3.05, 3.63) is 53.5 Å². The summed E-state index contributed by atoms with van der Waals surface area (Å²) in [4.78, 5) is 4.03. The maximum absolute atomic E-state index is 13.3. The molecule has 0 atom stereocenters. The molecule has 0 aliphatic rings. The van der Waals surface area contributed by atoms with Crippen LogP contribution >= 0.6 is 0 Å². The summed E-state index contributed by atoms with van der Waals surface area (Å²) in [6.07, 6.45) is 2.16. The van der Waals surface area contributed by atoms with Crippen molar-refractivity contribution < 1.29 is 9.13 Å². The van der Waals surface area contributed by atoms with Gasteiger partial charge in [-0.1, -0.05) is 26.0 Å². The number of halogens is 1. The first-order valence-corrected chi connectivity index (χ1v) is 6.84. The second-order valence-electron chi connectivity index (χ2n) is 4.50. The monoisotopic (exact) mass is 274 g/mol. The lowest BCUT2D eigenvalue weighted by molar-refractivity contribution is 0.449. The predicted molar refractivity (Wildman–Crippen MR) is 77.5 cm³/mol. The van der Waals surface area contributed by atoms with Crippen LogP contribution in [0.1, 0.15) is 25.0 Å². The van der Waals surface area contributed by atoms with Gasteiger partial charge in [0.15, 0.2) is 0 Å². The molecule has 4 heteroatoms. The summed E-state index contributed by atoms with van der Waals surface area (Å²) >= 11 is 0. The molecule has 0 radical (unpaired) electrons. The molecule has 106 valence electrons. The Kier molecular flexibility index (Phi) is 5.07. The van der Waals surface area contributed by atoms with E-state index in [1.807, 2.05) is 31.2 Å². The molecule has 1 aromatic heterocycles. The SMILES string of the molecule is CCNCc1cc(F)cnc1Oc1ccc(CC)cc1. The molecule has 0 saturated carbocycles. The van der Waals surface area contributed by atoms with Crippen molar-refractivity contribution in [3.8, 4) is 11.6 Å². The fraction of sp³-hybridized carbons (Fsp3) is 0.312. The Balaban J connectivity index is 2.18. The van der Waals surface area contributed by atoms with E-state index < -0.39 is 0 Å². The number of aromatic nitrogens is 1. The van der Waals surface area contributed by atoms with Gasteiger partial charge in [-0.25, -0.2) is 9.37 Å². The largest absolute Gasteiger partial charge is 0.439 e. The summed E-state index contributed by atoms with van der Waals surface area (Å²) < 4.78 is 19.0. The summed E-state index contributed by atoms with van der Waals surface area (Å²) in [5, 5.41) is 3.15. The highest BCUT2D eigenvalue weighted by Gasteiger charge is 2.08. The molecule has 1 N–H and O–H groups in total. The third-order valence-electron chi connectivity index (χ3n) is 3.00. The topological polar surface area (TPSA) is 34.2 Å². The van der Waals surface area contributed by atoms with E-state index in [9.17, 15) is 4.39 Å². The zero-order chi connectivity index (χ0) is 14.4. The lowest BCUT2D eigenvalue weighted by Gasteiger charge is -2.10. The number of hydrogen-bond acceptors (Lipinski definition) is 3. The molecule has 2 rings (SSSR count). The minimum absolute atomic E-state index is 0.355. The third-order valence-corrected chi connectivity index (χ3v) is 3.00. The minimum atomic E-state index is -0.355. The zero-order valence-corrected chi connectivity index (χ0v) is 11.8. The first-order chi connectivity index (χ1) is 9.72. The Morgan fingerprint density at radius 2 is 1.95 bits per heavy atom. The van der Waals surface area contributed by atoms with E-state index in [0.717, 1.165) is 13.0 Å². The van der Waals surface area contributed by atoms with E-state index in [0.29, 0.717) is 23.7 Å². The number of aryl methyl sites for hydroxylation is 1. The Morgan fingerprint density at radius 1 is 1.20 bits per heavy atom. The molecular weight excluding hydrogens is 255 g/mol. The van der Waals surface area contributed by atoms with Gasteiger partial charge in [0.05, 0.1) is 6.20 Å². The van der Waals surface area contributed by atoms with Crippen molar-refractivity contribution in [1.82, 2.24) is 10.3 Å². The maximum Gasteiger partial charge on any atom is 0.223 e. The molecule has 0 unspecified atom stereocenters. The molecule has 1 heterocycles. The fourth-order valence-corrected chi connectivity index (χ4v) is 1.85. The van der Waals surface area contributed by atoms with Gasteiger partial charge in [0, 0.05) is 12.1 Å². The van der Waals surface area contributed by atoms with Gasteiger partial charge in [-0.05, 0) is 36.7 Å². The van der Waals surface area contributed by atoms with Crippen LogP contribution in [0.2, 0.25) is 0 Å². The van der Waals surface area contributed by atoms with Crippen LogP contribution < -0.4 is 10.1 Å². The van der Waals surface area contributed by atoms with Gasteiger partial charge >= 0.3 is 0 Å². The summed E-state index contributed by atoms with van der Waals surface area (Å²) in [5.41, 5.74) is 1.96. The number of rotatable bonds is 6. The molecule has 0 aliphatic carbocycles. The van der Waals surface area contributed by atoms with Crippen LogP contribution in [0.25, 0.3) is 0 Å². The third kappa shape index (κ3) is 3.78. The number of benzene rings is 1. The van der Waals surface area contributed by atoms with Crippen molar-refractivity contribution in [2.45, 2.75) is 26.8 Å². The van der Waals surface area contributed by atoms with Crippen molar-refractivity contribution in [2.75, 3.05) is 6.54 Å². The van der Waals surface area contributed by atoms with Gasteiger partial charge in [0.2, 0.25) is 5.88 Å². The minimum Gasteiger partial charge on any atom is -0.439 e. The Hall–Kier alpha value is -1.94. The standard InChI is InChI=1S/C16H19FN2O/c1-3-12-5-7-15(8-6-12)20-16-13(10-18-4-2)9-14(17)11-19-16/h5-9,11,18H,3-4,10H2,1-2H3. The Bertz CT molecular complexity index is 555. The summed E-state index contributed by atoms with van der Waals surface area (Å²) in [6, 6.07) is 9.29. The van der Waals surface area contributed by atoms with Gasteiger partial charge in [0.1, 0.15) is 11.6 Å². The highest BCUT2D eigenvalue weighted by atomic mass is 19.1. The number of nitrogens with one attached hydrogen (secondary N) is 1.